The lowest BCUT2D eigenvalue weighted by atomic mass is 9.91. The molecule has 0 amide bonds. The van der Waals surface area contributed by atoms with Gasteiger partial charge in [-0.15, -0.1) is 0 Å². The smallest absolute Gasteiger partial charge is 0.137 e. The maximum absolute atomic E-state index is 6.36. The molecule has 8 aromatic carbocycles. The molecule has 9 aromatic rings. The number of benzene rings is 8. The van der Waals surface area contributed by atoms with Gasteiger partial charge in [0.05, 0.1) is 11.1 Å². The molecule has 0 radical (unpaired) electrons. The summed E-state index contributed by atoms with van der Waals surface area (Å²) in [6.45, 7) is 0.690. The Morgan fingerprint density at radius 1 is 0.426 bits per heavy atom. The van der Waals surface area contributed by atoms with Crippen LogP contribution in [-0.2, 0) is 6.54 Å². The standard InChI is InChI=1S/C45H31NO/c1-3-13-31(14-4-1)32-25-27-36(28-26-32)46(41-22-12-24-43-45(41)39-21-9-10-23-42(39)47-43)30-35-18-11-17-34-29-40(33-15-5-2-6-16-33)37-19-7-8-20-38(37)44(34)35/h1-29H,30H2. The second-order valence-electron chi connectivity index (χ2n) is 12.1. The molecule has 0 saturated carbocycles. The molecule has 0 spiro atoms. The third-order valence-electron chi connectivity index (χ3n) is 9.34. The van der Waals surface area contributed by atoms with Crippen LogP contribution in [0, 0.1) is 0 Å². The van der Waals surface area contributed by atoms with E-state index in [1.165, 1.54) is 49.4 Å². The first-order valence-electron chi connectivity index (χ1n) is 16.1. The summed E-state index contributed by atoms with van der Waals surface area (Å²) in [5.41, 5.74) is 10.2. The van der Waals surface area contributed by atoms with Crippen LogP contribution in [0.5, 0.6) is 0 Å². The Bertz CT molecular complexity index is 2530. The lowest BCUT2D eigenvalue weighted by molar-refractivity contribution is 0.669. The second-order valence-corrected chi connectivity index (χ2v) is 12.1. The molecule has 0 bridgehead atoms. The Morgan fingerprint density at radius 3 is 1.83 bits per heavy atom. The Kier molecular flexibility index (Phi) is 6.57. The summed E-state index contributed by atoms with van der Waals surface area (Å²) in [4.78, 5) is 2.45. The molecule has 222 valence electrons. The van der Waals surface area contributed by atoms with E-state index in [0.717, 1.165) is 33.3 Å². The van der Waals surface area contributed by atoms with Gasteiger partial charge in [-0.2, -0.15) is 0 Å². The highest BCUT2D eigenvalue weighted by Gasteiger charge is 2.20. The molecule has 47 heavy (non-hydrogen) atoms. The van der Waals surface area contributed by atoms with Gasteiger partial charge in [-0.05, 0) is 85.8 Å². The highest BCUT2D eigenvalue weighted by atomic mass is 16.3. The first kappa shape index (κ1) is 27.2. The van der Waals surface area contributed by atoms with Crippen molar-refractivity contribution in [3.05, 3.63) is 181 Å². The van der Waals surface area contributed by atoms with Crippen LogP contribution in [0.25, 0.3) is 65.7 Å². The van der Waals surface area contributed by atoms with Crippen molar-refractivity contribution in [3.63, 3.8) is 0 Å². The van der Waals surface area contributed by atoms with E-state index in [1.807, 2.05) is 6.07 Å². The van der Waals surface area contributed by atoms with E-state index in [9.17, 15) is 0 Å². The average molecular weight is 602 g/mol. The van der Waals surface area contributed by atoms with Gasteiger partial charge in [0.1, 0.15) is 11.2 Å². The maximum atomic E-state index is 6.36. The number of fused-ring (bicyclic) bond motifs is 6. The normalized spacial score (nSPS) is 11.5. The molecule has 0 N–H and O–H groups in total. The monoisotopic (exact) mass is 601 g/mol. The molecule has 0 atom stereocenters. The van der Waals surface area contributed by atoms with Crippen LogP contribution in [0.2, 0.25) is 0 Å². The lowest BCUT2D eigenvalue weighted by Gasteiger charge is -2.27. The maximum Gasteiger partial charge on any atom is 0.137 e. The van der Waals surface area contributed by atoms with Crippen molar-refractivity contribution in [2.24, 2.45) is 0 Å². The third kappa shape index (κ3) is 4.74. The topological polar surface area (TPSA) is 16.4 Å². The van der Waals surface area contributed by atoms with Crippen molar-refractivity contribution in [1.82, 2.24) is 0 Å². The molecular weight excluding hydrogens is 571 g/mol. The minimum Gasteiger partial charge on any atom is -0.456 e. The van der Waals surface area contributed by atoms with Gasteiger partial charge in [0, 0.05) is 17.6 Å². The van der Waals surface area contributed by atoms with Gasteiger partial charge in [-0.25, -0.2) is 0 Å². The highest BCUT2D eigenvalue weighted by molar-refractivity contribution is 6.16. The van der Waals surface area contributed by atoms with E-state index < -0.39 is 0 Å². The molecule has 0 unspecified atom stereocenters. The molecule has 2 heteroatoms. The molecule has 0 aliphatic rings. The van der Waals surface area contributed by atoms with Gasteiger partial charge in [-0.1, -0.05) is 140 Å². The van der Waals surface area contributed by atoms with Crippen LogP contribution in [0.15, 0.2) is 180 Å². The van der Waals surface area contributed by atoms with Gasteiger partial charge in [0.2, 0.25) is 0 Å². The largest absolute Gasteiger partial charge is 0.456 e. The number of anilines is 2. The van der Waals surface area contributed by atoms with Gasteiger partial charge in [-0.3, -0.25) is 0 Å². The van der Waals surface area contributed by atoms with E-state index in [2.05, 4.69) is 175 Å². The van der Waals surface area contributed by atoms with Gasteiger partial charge < -0.3 is 9.32 Å². The molecular formula is C45H31NO. The van der Waals surface area contributed by atoms with Crippen molar-refractivity contribution in [3.8, 4) is 22.3 Å². The Hall–Kier alpha value is -6.12. The number of hydrogen-bond acceptors (Lipinski definition) is 2. The zero-order valence-corrected chi connectivity index (χ0v) is 25.8. The summed E-state index contributed by atoms with van der Waals surface area (Å²) in [6.07, 6.45) is 0. The molecule has 9 rings (SSSR count). The van der Waals surface area contributed by atoms with Crippen LogP contribution < -0.4 is 4.90 Å². The summed E-state index contributed by atoms with van der Waals surface area (Å²) in [5.74, 6) is 0. The number of hydrogen-bond donors (Lipinski definition) is 0. The number of furan rings is 1. The van der Waals surface area contributed by atoms with Gasteiger partial charge in [0.25, 0.3) is 0 Å². The fraction of sp³-hybridized carbons (Fsp3) is 0.0222. The minimum absolute atomic E-state index is 0.690. The first-order valence-corrected chi connectivity index (χ1v) is 16.1. The van der Waals surface area contributed by atoms with Crippen LogP contribution in [0.4, 0.5) is 11.4 Å². The molecule has 1 heterocycles. The Balaban J connectivity index is 1.26. The van der Waals surface area contributed by atoms with E-state index in [-0.39, 0.29) is 0 Å². The average Bonchev–Trinajstić information content (AvgIpc) is 3.53. The molecule has 0 saturated heterocycles. The lowest BCUT2D eigenvalue weighted by Crippen LogP contribution is -2.17. The predicted octanol–water partition coefficient (Wildman–Crippen LogP) is 12.6. The van der Waals surface area contributed by atoms with Crippen LogP contribution in [0.1, 0.15) is 5.56 Å². The molecule has 1 aromatic heterocycles. The third-order valence-corrected chi connectivity index (χ3v) is 9.34. The molecule has 2 nitrogen and oxygen atoms in total. The Labute approximate surface area is 273 Å². The summed E-state index contributed by atoms with van der Waals surface area (Å²) < 4.78 is 6.36. The van der Waals surface area contributed by atoms with Crippen molar-refractivity contribution in [2.45, 2.75) is 6.54 Å². The van der Waals surface area contributed by atoms with Crippen LogP contribution in [-0.4, -0.2) is 0 Å². The fourth-order valence-corrected chi connectivity index (χ4v) is 7.16. The van der Waals surface area contributed by atoms with E-state index >= 15 is 0 Å². The fourth-order valence-electron chi connectivity index (χ4n) is 7.16. The van der Waals surface area contributed by atoms with Crippen molar-refractivity contribution in [1.29, 1.82) is 0 Å². The minimum atomic E-state index is 0.690. The van der Waals surface area contributed by atoms with Crippen LogP contribution in [0.3, 0.4) is 0 Å². The second kappa shape index (κ2) is 11.3. The Morgan fingerprint density at radius 2 is 1.04 bits per heavy atom. The number of rotatable bonds is 6. The van der Waals surface area contributed by atoms with Gasteiger partial charge in [0.15, 0.2) is 0 Å². The molecule has 0 aliphatic heterocycles. The SMILES string of the molecule is c1ccc(-c2ccc(N(Cc3cccc4cc(-c5ccccc5)c5ccccc5c34)c3cccc4oc5ccccc5c34)cc2)cc1. The van der Waals surface area contributed by atoms with E-state index in [0.29, 0.717) is 6.54 Å². The molecule has 0 fully saturated rings. The van der Waals surface area contributed by atoms with E-state index in [1.54, 1.807) is 0 Å². The summed E-state index contributed by atoms with van der Waals surface area (Å²) >= 11 is 0. The van der Waals surface area contributed by atoms with Crippen molar-refractivity contribution < 1.29 is 4.42 Å². The molecule has 0 aliphatic carbocycles. The zero-order chi connectivity index (χ0) is 31.2. The van der Waals surface area contributed by atoms with Crippen LogP contribution >= 0.6 is 0 Å². The van der Waals surface area contributed by atoms with E-state index in [4.69, 9.17) is 4.42 Å². The summed E-state index contributed by atoms with van der Waals surface area (Å²) in [7, 11) is 0. The van der Waals surface area contributed by atoms with Crippen molar-refractivity contribution in [2.75, 3.05) is 4.90 Å². The zero-order valence-electron chi connectivity index (χ0n) is 25.8. The quantitative estimate of drug-likeness (QED) is 0.176. The van der Waals surface area contributed by atoms with Gasteiger partial charge >= 0.3 is 0 Å². The number of nitrogens with zero attached hydrogens (tertiary/aromatic N) is 1. The highest BCUT2D eigenvalue weighted by Crippen LogP contribution is 2.42. The first-order chi connectivity index (χ1) is 23.3. The van der Waals surface area contributed by atoms with Crippen molar-refractivity contribution >= 4 is 54.9 Å². The summed E-state index contributed by atoms with van der Waals surface area (Å²) in [6, 6.07) is 62.9. The number of para-hydroxylation sites is 1. The predicted molar refractivity (Wildman–Crippen MR) is 198 cm³/mol. The summed E-state index contributed by atoms with van der Waals surface area (Å²) in [5, 5.41) is 7.32.